The van der Waals surface area contributed by atoms with E-state index in [1.54, 1.807) is 17.9 Å². The summed E-state index contributed by atoms with van der Waals surface area (Å²) in [4.78, 5) is 29.4. The van der Waals surface area contributed by atoms with Crippen molar-refractivity contribution in [1.29, 1.82) is 0 Å². The third-order valence-corrected chi connectivity index (χ3v) is 7.92. The van der Waals surface area contributed by atoms with Gasteiger partial charge in [0.05, 0.1) is 22.4 Å². The van der Waals surface area contributed by atoms with Crippen molar-refractivity contribution >= 4 is 56.4 Å². The number of carbonyl (C=O) groups is 2. The van der Waals surface area contributed by atoms with Gasteiger partial charge in [0.1, 0.15) is 0 Å². The van der Waals surface area contributed by atoms with Crippen molar-refractivity contribution in [2.75, 3.05) is 41.1 Å². The lowest BCUT2D eigenvalue weighted by Gasteiger charge is -2.36. The molecule has 2 amide bonds. The van der Waals surface area contributed by atoms with Crippen LogP contribution in [0, 0.1) is 5.92 Å². The van der Waals surface area contributed by atoms with Gasteiger partial charge in [0.25, 0.3) is 5.91 Å². The number of nitrogens with zero attached hydrogens (tertiary/aromatic N) is 3. The molecule has 2 aliphatic heterocycles. The minimum absolute atomic E-state index is 0.0273. The minimum atomic E-state index is -3.81. The van der Waals surface area contributed by atoms with Gasteiger partial charge in [0.2, 0.25) is 15.9 Å². The largest absolute Gasteiger partial charge is 0.368 e. The Morgan fingerprint density at radius 1 is 1.03 bits per heavy atom. The van der Waals surface area contributed by atoms with Crippen LogP contribution in [0.25, 0.3) is 0 Å². The Morgan fingerprint density at radius 3 is 2.35 bits per heavy atom. The maximum absolute atomic E-state index is 13.1. The number of anilines is 2. The number of benzene rings is 2. The molecule has 2 aromatic carbocycles. The van der Waals surface area contributed by atoms with E-state index in [2.05, 4.69) is 4.90 Å². The van der Waals surface area contributed by atoms with E-state index in [9.17, 15) is 18.0 Å². The molecule has 2 aromatic rings. The van der Waals surface area contributed by atoms with E-state index in [1.807, 2.05) is 24.3 Å². The number of piperazine rings is 1. The topological polar surface area (TPSA) is 78.0 Å². The first-order valence-corrected chi connectivity index (χ1v) is 12.2. The van der Waals surface area contributed by atoms with Crippen LogP contribution in [0.4, 0.5) is 11.4 Å². The molecule has 0 radical (unpaired) electrons. The Balaban J connectivity index is 1.53. The molecule has 1 atom stereocenters. The summed E-state index contributed by atoms with van der Waals surface area (Å²) in [7, 11) is -3.81. The second kappa shape index (κ2) is 8.33. The molecule has 0 bridgehead atoms. The van der Waals surface area contributed by atoms with Gasteiger partial charge in [-0.15, -0.1) is 0 Å². The first-order valence-electron chi connectivity index (χ1n) is 9.83. The molecule has 31 heavy (non-hydrogen) atoms. The van der Waals surface area contributed by atoms with Gasteiger partial charge < -0.3 is 9.80 Å². The summed E-state index contributed by atoms with van der Waals surface area (Å²) >= 11 is 12.3. The van der Waals surface area contributed by atoms with Crippen molar-refractivity contribution in [3.8, 4) is 0 Å². The smallest absolute Gasteiger partial charge is 0.254 e. The molecule has 0 aromatic heterocycles. The molecule has 10 heteroatoms. The van der Waals surface area contributed by atoms with Gasteiger partial charge >= 0.3 is 0 Å². The van der Waals surface area contributed by atoms with Gasteiger partial charge in [0, 0.05) is 42.5 Å². The third-order valence-electron chi connectivity index (χ3n) is 5.51. The molecule has 4 rings (SSSR count). The van der Waals surface area contributed by atoms with Crippen molar-refractivity contribution in [1.82, 2.24) is 4.90 Å². The van der Waals surface area contributed by atoms with Crippen LogP contribution in [-0.2, 0) is 14.8 Å². The molecule has 7 nitrogen and oxygen atoms in total. The van der Waals surface area contributed by atoms with E-state index in [0.29, 0.717) is 31.2 Å². The molecule has 2 aliphatic rings. The second-order valence-corrected chi connectivity index (χ2v) is 10.4. The molecular formula is C21H21Cl2N3O4S. The predicted molar refractivity (Wildman–Crippen MR) is 121 cm³/mol. The zero-order chi connectivity index (χ0) is 22.3. The highest BCUT2D eigenvalue weighted by atomic mass is 35.5. The maximum atomic E-state index is 13.1. The van der Waals surface area contributed by atoms with Crippen LogP contribution < -0.4 is 9.21 Å². The zero-order valence-electron chi connectivity index (χ0n) is 16.8. The van der Waals surface area contributed by atoms with Gasteiger partial charge in [-0.3, -0.25) is 9.59 Å². The number of hydrogen-bond donors (Lipinski definition) is 0. The Labute approximate surface area is 191 Å². The van der Waals surface area contributed by atoms with Crippen molar-refractivity contribution in [3.05, 3.63) is 58.1 Å². The Morgan fingerprint density at radius 2 is 1.74 bits per heavy atom. The molecule has 2 fully saturated rings. The third kappa shape index (κ3) is 4.24. The highest BCUT2D eigenvalue weighted by Gasteiger charge is 2.43. The normalized spacial score (nSPS) is 20.9. The molecule has 0 N–H and O–H groups in total. The molecule has 2 heterocycles. The van der Waals surface area contributed by atoms with Crippen LogP contribution in [-0.4, -0.2) is 57.1 Å². The Kier molecular flexibility index (Phi) is 5.89. The summed E-state index contributed by atoms with van der Waals surface area (Å²) in [6.07, 6.45) is 0. The summed E-state index contributed by atoms with van der Waals surface area (Å²) < 4.78 is 25.6. The number of amides is 2. The first-order chi connectivity index (χ1) is 14.7. The van der Waals surface area contributed by atoms with Crippen LogP contribution in [0.1, 0.15) is 17.3 Å². The van der Waals surface area contributed by atoms with Gasteiger partial charge in [-0.1, -0.05) is 36.2 Å². The molecule has 0 spiro atoms. The number of rotatable bonds is 3. The van der Waals surface area contributed by atoms with E-state index in [-0.39, 0.29) is 27.9 Å². The van der Waals surface area contributed by atoms with Gasteiger partial charge in [0.15, 0.2) is 0 Å². The maximum Gasteiger partial charge on any atom is 0.254 e. The fourth-order valence-electron chi connectivity index (χ4n) is 3.89. The highest BCUT2D eigenvalue weighted by Crippen LogP contribution is 2.35. The van der Waals surface area contributed by atoms with Crippen LogP contribution in [0.5, 0.6) is 0 Å². The summed E-state index contributed by atoms with van der Waals surface area (Å²) in [6.45, 7) is 3.84. The molecule has 0 saturated carbocycles. The number of carbonyl (C=O) groups excluding carboxylic acids is 2. The summed E-state index contributed by atoms with van der Waals surface area (Å²) in [5.74, 6) is -1.70. The second-order valence-electron chi connectivity index (χ2n) is 7.71. The number of hydrogen-bond acceptors (Lipinski definition) is 5. The van der Waals surface area contributed by atoms with E-state index >= 15 is 0 Å². The standard InChI is InChI=1S/C21H21Cl2N3O4S/c1-14-13-31(29,30)26(20(14)27)19-11-15(5-6-18(19)23)21(28)25-9-7-24(8-10-25)17-4-2-3-16(22)12-17/h2-6,11-12,14H,7-10,13H2,1H3. The van der Waals surface area contributed by atoms with Crippen molar-refractivity contribution in [2.24, 2.45) is 5.92 Å². The molecule has 0 aliphatic carbocycles. The Bertz CT molecular complexity index is 1150. The van der Waals surface area contributed by atoms with Crippen molar-refractivity contribution in [3.63, 3.8) is 0 Å². The summed E-state index contributed by atoms with van der Waals surface area (Å²) in [5.41, 5.74) is 1.32. The van der Waals surface area contributed by atoms with E-state index in [1.165, 1.54) is 12.1 Å². The Hall–Kier alpha value is -2.29. The van der Waals surface area contributed by atoms with Crippen molar-refractivity contribution < 1.29 is 18.0 Å². The van der Waals surface area contributed by atoms with Crippen molar-refractivity contribution in [2.45, 2.75) is 6.92 Å². The van der Waals surface area contributed by atoms with E-state index in [4.69, 9.17) is 23.2 Å². The van der Waals surface area contributed by atoms with Gasteiger partial charge in [-0.2, -0.15) is 0 Å². The fourth-order valence-corrected chi connectivity index (χ4v) is 6.16. The lowest BCUT2D eigenvalue weighted by atomic mass is 10.1. The molecule has 164 valence electrons. The molecule has 2 saturated heterocycles. The predicted octanol–water partition coefficient (Wildman–Crippen LogP) is 3.27. The van der Waals surface area contributed by atoms with E-state index < -0.39 is 21.8 Å². The van der Waals surface area contributed by atoms with Crippen LogP contribution >= 0.6 is 23.2 Å². The monoisotopic (exact) mass is 481 g/mol. The average molecular weight is 482 g/mol. The first kappa shape index (κ1) is 21.9. The zero-order valence-corrected chi connectivity index (χ0v) is 19.1. The van der Waals surface area contributed by atoms with Crippen LogP contribution in [0.2, 0.25) is 10.0 Å². The molecular weight excluding hydrogens is 461 g/mol. The minimum Gasteiger partial charge on any atom is -0.368 e. The lowest BCUT2D eigenvalue weighted by Crippen LogP contribution is -2.48. The fraction of sp³-hybridized carbons (Fsp3) is 0.333. The highest BCUT2D eigenvalue weighted by molar-refractivity contribution is 7.94. The van der Waals surface area contributed by atoms with Crippen LogP contribution in [0.15, 0.2) is 42.5 Å². The molecule has 1 unspecified atom stereocenters. The van der Waals surface area contributed by atoms with Gasteiger partial charge in [-0.25, -0.2) is 12.7 Å². The van der Waals surface area contributed by atoms with Crippen LogP contribution in [0.3, 0.4) is 0 Å². The number of sulfonamides is 1. The lowest BCUT2D eigenvalue weighted by molar-refractivity contribution is -0.119. The average Bonchev–Trinajstić information content (AvgIpc) is 2.94. The quantitative estimate of drug-likeness (QED) is 0.671. The number of halogens is 2. The van der Waals surface area contributed by atoms with Gasteiger partial charge in [-0.05, 0) is 36.4 Å². The summed E-state index contributed by atoms with van der Waals surface area (Å²) in [5, 5.41) is 0.763. The summed E-state index contributed by atoms with van der Waals surface area (Å²) in [6, 6.07) is 12.0. The SMILES string of the molecule is CC1CS(=O)(=O)N(c2cc(C(=O)N3CCN(c4cccc(Cl)c4)CC3)ccc2Cl)C1=O. The van der Waals surface area contributed by atoms with E-state index in [0.717, 1.165) is 9.99 Å².